The molecule has 1 aromatic carbocycles. The number of carbonyl (C=O) groups excluding carboxylic acids is 2. The van der Waals surface area contributed by atoms with Crippen LogP contribution in [0.4, 0.5) is 0 Å². The predicted molar refractivity (Wildman–Crippen MR) is 64.5 cm³/mol. The summed E-state index contributed by atoms with van der Waals surface area (Å²) in [5.74, 6) is -0.358. The fourth-order valence-corrected chi connectivity index (χ4v) is 1.58. The Morgan fingerprint density at radius 3 is 2.67 bits per heavy atom. The molecule has 0 aliphatic carbocycles. The Morgan fingerprint density at radius 2 is 2.11 bits per heavy atom. The van der Waals surface area contributed by atoms with E-state index in [4.69, 9.17) is 0 Å². The molecule has 5 heteroatoms. The van der Waals surface area contributed by atoms with Gasteiger partial charge in [0.1, 0.15) is 0 Å². The van der Waals surface area contributed by atoms with Crippen molar-refractivity contribution in [3.8, 4) is 0 Å². The van der Waals surface area contributed by atoms with Gasteiger partial charge < -0.3 is 4.74 Å². The molecule has 0 N–H and O–H groups in total. The zero-order valence-electron chi connectivity index (χ0n) is 9.87. The molecule has 0 saturated heterocycles. The molecule has 0 fully saturated rings. The Morgan fingerprint density at radius 1 is 1.39 bits per heavy atom. The van der Waals surface area contributed by atoms with Crippen molar-refractivity contribution in [1.29, 1.82) is 0 Å². The van der Waals surface area contributed by atoms with Crippen molar-refractivity contribution in [2.45, 2.75) is 6.54 Å². The van der Waals surface area contributed by atoms with Crippen LogP contribution in [0.5, 0.6) is 0 Å². The van der Waals surface area contributed by atoms with Gasteiger partial charge in [0.2, 0.25) is 0 Å². The second-order valence-corrected chi connectivity index (χ2v) is 3.78. The minimum Gasteiger partial charge on any atom is -0.465 e. The number of carbonyl (C=O) groups is 2. The van der Waals surface area contributed by atoms with Crippen LogP contribution < -0.4 is 0 Å². The van der Waals surface area contributed by atoms with E-state index in [0.29, 0.717) is 17.7 Å². The molecule has 5 nitrogen and oxygen atoms in total. The SMILES string of the molecule is COC(=O)c1ccc(Cn2cc(C=O)cn2)cc1. The van der Waals surface area contributed by atoms with E-state index in [1.807, 2.05) is 12.1 Å². The van der Waals surface area contributed by atoms with Crippen LogP contribution in [0.25, 0.3) is 0 Å². The first-order chi connectivity index (χ1) is 8.72. The summed E-state index contributed by atoms with van der Waals surface area (Å²) in [5, 5.41) is 4.05. The summed E-state index contributed by atoms with van der Waals surface area (Å²) in [6, 6.07) is 7.06. The monoisotopic (exact) mass is 244 g/mol. The van der Waals surface area contributed by atoms with Crippen LogP contribution in [0.15, 0.2) is 36.7 Å². The molecule has 18 heavy (non-hydrogen) atoms. The van der Waals surface area contributed by atoms with Gasteiger partial charge in [-0.05, 0) is 17.7 Å². The number of hydrogen-bond donors (Lipinski definition) is 0. The fourth-order valence-electron chi connectivity index (χ4n) is 1.58. The second kappa shape index (κ2) is 5.27. The van der Waals surface area contributed by atoms with Crippen LogP contribution >= 0.6 is 0 Å². The molecule has 92 valence electrons. The molecule has 2 rings (SSSR count). The summed E-state index contributed by atoms with van der Waals surface area (Å²) in [5.41, 5.74) is 2.04. The standard InChI is InChI=1S/C13H12N2O3/c1-18-13(17)12-4-2-10(3-5-12)7-15-8-11(9-16)6-14-15/h2-6,8-9H,7H2,1H3. The van der Waals surface area contributed by atoms with Gasteiger partial charge >= 0.3 is 5.97 Å². The number of benzene rings is 1. The van der Waals surface area contributed by atoms with Crippen LogP contribution in [0.3, 0.4) is 0 Å². The van der Waals surface area contributed by atoms with Gasteiger partial charge in [0, 0.05) is 6.20 Å². The average molecular weight is 244 g/mol. The highest BCUT2D eigenvalue weighted by atomic mass is 16.5. The zero-order chi connectivity index (χ0) is 13.0. The highest BCUT2D eigenvalue weighted by Crippen LogP contribution is 2.07. The Bertz CT molecular complexity index is 558. The van der Waals surface area contributed by atoms with Crippen LogP contribution in [0.2, 0.25) is 0 Å². The molecule has 0 aliphatic rings. The molecular formula is C13H12N2O3. The topological polar surface area (TPSA) is 61.2 Å². The summed E-state index contributed by atoms with van der Waals surface area (Å²) in [7, 11) is 1.35. The van der Waals surface area contributed by atoms with E-state index >= 15 is 0 Å². The summed E-state index contributed by atoms with van der Waals surface area (Å²) >= 11 is 0. The quantitative estimate of drug-likeness (QED) is 0.604. The van der Waals surface area contributed by atoms with E-state index < -0.39 is 0 Å². The van der Waals surface area contributed by atoms with Gasteiger partial charge in [0.15, 0.2) is 6.29 Å². The average Bonchev–Trinajstić information content (AvgIpc) is 2.86. The molecule has 0 saturated carbocycles. The van der Waals surface area contributed by atoms with Crippen molar-refractivity contribution >= 4 is 12.3 Å². The normalized spacial score (nSPS) is 10.1. The van der Waals surface area contributed by atoms with Crippen molar-refractivity contribution in [3.63, 3.8) is 0 Å². The Kier molecular flexibility index (Phi) is 3.52. The smallest absolute Gasteiger partial charge is 0.337 e. The minimum atomic E-state index is -0.358. The molecule has 0 aliphatic heterocycles. The lowest BCUT2D eigenvalue weighted by molar-refractivity contribution is 0.0600. The van der Waals surface area contributed by atoms with Crippen LogP contribution in [-0.4, -0.2) is 29.1 Å². The number of nitrogens with zero attached hydrogens (tertiary/aromatic N) is 2. The van der Waals surface area contributed by atoms with Gasteiger partial charge in [-0.3, -0.25) is 9.48 Å². The molecule has 1 heterocycles. The van der Waals surface area contributed by atoms with Gasteiger partial charge in [-0.1, -0.05) is 12.1 Å². The maximum absolute atomic E-state index is 11.2. The number of aromatic nitrogens is 2. The third-order valence-corrected chi connectivity index (χ3v) is 2.51. The van der Waals surface area contributed by atoms with Crippen LogP contribution in [0, 0.1) is 0 Å². The first-order valence-corrected chi connectivity index (χ1v) is 5.38. The van der Waals surface area contributed by atoms with E-state index in [9.17, 15) is 9.59 Å². The molecule has 0 spiro atoms. The maximum atomic E-state index is 11.2. The minimum absolute atomic E-state index is 0.358. The second-order valence-electron chi connectivity index (χ2n) is 3.78. The number of ether oxygens (including phenoxy) is 1. The van der Waals surface area contributed by atoms with E-state index in [-0.39, 0.29) is 5.97 Å². The number of methoxy groups -OCH3 is 1. The Balaban J connectivity index is 2.10. The van der Waals surface area contributed by atoms with Gasteiger partial charge in [0.05, 0.1) is 31.0 Å². The molecule has 0 atom stereocenters. The van der Waals surface area contributed by atoms with Crippen molar-refractivity contribution in [3.05, 3.63) is 53.3 Å². The van der Waals surface area contributed by atoms with Crippen molar-refractivity contribution in [1.82, 2.24) is 9.78 Å². The Hall–Kier alpha value is -2.43. The summed E-state index contributed by atoms with van der Waals surface area (Å²) in [4.78, 5) is 21.8. The lowest BCUT2D eigenvalue weighted by Gasteiger charge is -2.03. The first-order valence-electron chi connectivity index (χ1n) is 5.38. The van der Waals surface area contributed by atoms with E-state index in [2.05, 4.69) is 9.84 Å². The van der Waals surface area contributed by atoms with Gasteiger partial charge in [-0.15, -0.1) is 0 Å². The number of hydrogen-bond acceptors (Lipinski definition) is 4. The molecule has 1 aromatic heterocycles. The van der Waals surface area contributed by atoms with Crippen molar-refractivity contribution < 1.29 is 14.3 Å². The maximum Gasteiger partial charge on any atom is 0.337 e. The van der Waals surface area contributed by atoms with Crippen molar-refractivity contribution in [2.75, 3.05) is 7.11 Å². The number of aldehydes is 1. The molecule has 0 amide bonds. The summed E-state index contributed by atoms with van der Waals surface area (Å²) in [6.07, 6.45) is 3.93. The predicted octanol–water partition coefficient (Wildman–Crippen LogP) is 1.53. The third kappa shape index (κ3) is 2.63. The highest BCUT2D eigenvalue weighted by molar-refractivity contribution is 5.89. The van der Waals surface area contributed by atoms with E-state index in [1.54, 1.807) is 23.0 Å². The van der Waals surface area contributed by atoms with E-state index in [1.165, 1.54) is 13.3 Å². The largest absolute Gasteiger partial charge is 0.465 e. The highest BCUT2D eigenvalue weighted by Gasteiger charge is 2.05. The number of rotatable bonds is 4. The summed E-state index contributed by atoms with van der Waals surface area (Å²) in [6.45, 7) is 0.551. The summed E-state index contributed by atoms with van der Waals surface area (Å²) < 4.78 is 6.28. The number of esters is 1. The Labute approximate surface area is 104 Å². The van der Waals surface area contributed by atoms with Gasteiger partial charge in [-0.2, -0.15) is 5.10 Å². The fraction of sp³-hybridized carbons (Fsp3) is 0.154. The zero-order valence-corrected chi connectivity index (χ0v) is 9.87. The van der Waals surface area contributed by atoms with Crippen LogP contribution in [0.1, 0.15) is 26.3 Å². The molecule has 2 aromatic rings. The molecule has 0 unspecified atom stereocenters. The lowest BCUT2D eigenvalue weighted by atomic mass is 10.1. The third-order valence-electron chi connectivity index (χ3n) is 2.51. The molecular weight excluding hydrogens is 232 g/mol. The van der Waals surface area contributed by atoms with E-state index in [0.717, 1.165) is 11.8 Å². The first kappa shape index (κ1) is 12.0. The van der Waals surface area contributed by atoms with Crippen LogP contribution in [-0.2, 0) is 11.3 Å². The molecule has 0 bridgehead atoms. The van der Waals surface area contributed by atoms with Gasteiger partial charge in [0.25, 0.3) is 0 Å². The van der Waals surface area contributed by atoms with Gasteiger partial charge in [-0.25, -0.2) is 4.79 Å². The van der Waals surface area contributed by atoms with Crippen molar-refractivity contribution in [2.24, 2.45) is 0 Å². The lowest BCUT2D eigenvalue weighted by Crippen LogP contribution is -2.03. The molecule has 0 radical (unpaired) electrons.